The second-order valence-corrected chi connectivity index (χ2v) is 8.71. The van der Waals surface area contributed by atoms with Crippen LogP contribution in [0.25, 0.3) is 0 Å². The van der Waals surface area contributed by atoms with Gasteiger partial charge in [0, 0.05) is 38.3 Å². The van der Waals surface area contributed by atoms with Crippen molar-refractivity contribution in [1.29, 1.82) is 0 Å². The summed E-state index contributed by atoms with van der Waals surface area (Å²) in [4.78, 5) is 13.7. The zero-order valence-corrected chi connectivity index (χ0v) is 16.6. The first-order valence-electron chi connectivity index (χ1n) is 8.36. The molecule has 1 fully saturated rings. The Hall–Kier alpha value is -1.15. The van der Waals surface area contributed by atoms with Gasteiger partial charge in [-0.3, -0.25) is 4.79 Å². The van der Waals surface area contributed by atoms with E-state index in [-0.39, 0.29) is 29.3 Å². The molecule has 0 aromatic heterocycles. The summed E-state index contributed by atoms with van der Waals surface area (Å²) in [6.45, 7) is 5.13. The molecule has 6 nitrogen and oxygen atoms in total. The van der Waals surface area contributed by atoms with Gasteiger partial charge in [0.1, 0.15) is 0 Å². The van der Waals surface area contributed by atoms with Gasteiger partial charge < -0.3 is 10.6 Å². The van der Waals surface area contributed by atoms with Gasteiger partial charge in [0.05, 0.1) is 4.90 Å². The highest BCUT2D eigenvalue weighted by Crippen LogP contribution is 2.24. The number of amides is 1. The van der Waals surface area contributed by atoms with Crippen molar-refractivity contribution in [1.82, 2.24) is 4.31 Å². The number of rotatable bonds is 7. The highest BCUT2D eigenvalue weighted by molar-refractivity contribution is 7.89. The minimum Gasteiger partial charge on any atom is -0.327 e. The topological polar surface area (TPSA) is 83.7 Å². The van der Waals surface area contributed by atoms with E-state index in [0.717, 1.165) is 12.1 Å². The zero-order chi connectivity index (χ0) is 17.9. The van der Waals surface area contributed by atoms with Gasteiger partial charge in [-0.25, -0.2) is 12.7 Å². The third-order valence-electron chi connectivity index (χ3n) is 4.56. The molecule has 0 aliphatic carbocycles. The average Bonchev–Trinajstić information content (AvgIpc) is 2.98. The summed E-state index contributed by atoms with van der Waals surface area (Å²) in [5.41, 5.74) is 6.74. The summed E-state index contributed by atoms with van der Waals surface area (Å²) in [7, 11) is -1.97. The first-order chi connectivity index (χ1) is 11.2. The van der Waals surface area contributed by atoms with Crippen molar-refractivity contribution in [3.8, 4) is 0 Å². The Morgan fingerprint density at radius 1 is 1.24 bits per heavy atom. The van der Waals surface area contributed by atoms with Crippen LogP contribution in [0.2, 0.25) is 0 Å². The molecule has 1 aromatic carbocycles. The molecule has 1 amide bonds. The SMILES string of the molecule is CC(C)C(N)CCN(C)S(=O)(=O)c1ccc(N2CCCC2=O)cc1.Cl. The molecule has 25 heavy (non-hydrogen) atoms. The lowest BCUT2D eigenvalue weighted by atomic mass is 10.0. The minimum atomic E-state index is -3.54. The van der Waals surface area contributed by atoms with Crippen molar-refractivity contribution in [2.75, 3.05) is 25.0 Å². The van der Waals surface area contributed by atoms with Gasteiger partial charge in [0.2, 0.25) is 15.9 Å². The van der Waals surface area contributed by atoms with Gasteiger partial charge in [-0.05, 0) is 43.0 Å². The number of benzene rings is 1. The Balaban J connectivity index is 0.00000312. The lowest BCUT2D eigenvalue weighted by Gasteiger charge is -2.22. The molecule has 1 heterocycles. The molecular formula is C17H28ClN3O3S. The van der Waals surface area contributed by atoms with Crippen molar-refractivity contribution < 1.29 is 13.2 Å². The third kappa shape index (κ3) is 5.17. The Morgan fingerprint density at radius 3 is 2.32 bits per heavy atom. The fourth-order valence-corrected chi connectivity index (χ4v) is 3.87. The number of hydrogen-bond acceptors (Lipinski definition) is 4. The molecule has 142 valence electrons. The number of nitrogens with zero attached hydrogens (tertiary/aromatic N) is 2. The van der Waals surface area contributed by atoms with Crippen molar-refractivity contribution >= 4 is 34.0 Å². The number of sulfonamides is 1. The van der Waals surface area contributed by atoms with Crippen LogP contribution in [0.1, 0.15) is 33.1 Å². The molecule has 1 aliphatic heterocycles. The fourth-order valence-electron chi connectivity index (χ4n) is 2.68. The summed E-state index contributed by atoms with van der Waals surface area (Å²) in [5, 5.41) is 0. The average molecular weight is 390 g/mol. The largest absolute Gasteiger partial charge is 0.327 e. The summed E-state index contributed by atoms with van der Waals surface area (Å²) < 4.78 is 26.6. The van der Waals surface area contributed by atoms with E-state index in [9.17, 15) is 13.2 Å². The molecule has 8 heteroatoms. The van der Waals surface area contributed by atoms with E-state index < -0.39 is 10.0 Å². The van der Waals surface area contributed by atoms with Crippen molar-refractivity contribution in [3.05, 3.63) is 24.3 Å². The van der Waals surface area contributed by atoms with E-state index >= 15 is 0 Å². The third-order valence-corrected chi connectivity index (χ3v) is 6.43. The Kier molecular flexibility index (Phi) is 7.87. The highest BCUT2D eigenvalue weighted by Gasteiger charge is 2.24. The molecule has 0 saturated carbocycles. The summed E-state index contributed by atoms with van der Waals surface area (Å²) in [5.74, 6) is 0.406. The second-order valence-electron chi connectivity index (χ2n) is 6.67. The number of nitrogens with two attached hydrogens (primary N) is 1. The standard InChI is InChI=1S/C17H27N3O3S.ClH/c1-13(2)16(18)10-12-19(3)24(22,23)15-8-6-14(7-9-15)20-11-4-5-17(20)21;/h6-9,13,16H,4-5,10-12,18H2,1-3H3;1H. The van der Waals surface area contributed by atoms with Crippen LogP contribution in [0, 0.1) is 5.92 Å². The van der Waals surface area contributed by atoms with Gasteiger partial charge in [-0.1, -0.05) is 13.8 Å². The molecule has 2 N–H and O–H groups in total. The predicted molar refractivity (Wildman–Crippen MR) is 103 cm³/mol. The van der Waals surface area contributed by atoms with Crippen molar-refractivity contribution in [2.45, 2.75) is 44.0 Å². The van der Waals surface area contributed by atoms with Crippen LogP contribution in [0.5, 0.6) is 0 Å². The van der Waals surface area contributed by atoms with E-state index in [1.54, 1.807) is 36.2 Å². The normalized spacial score (nSPS) is 16.4. The number of anilines is 1. The predicted octanol–water partition coefficient (Wildman–Crippen LogP) is 2.23. The number of carbonyl (C=O) groups excluding carboxylic acids is 1. The molecule has 1 unspecified atom stereocenters. The van der Waals surface area contributed by atoms with E-state index in [0.29, 0.717) is 31.8 Å². The van der Waals surface area contributed by atoms with Crippen molar-refractivity contribution in [3.63, 3.8) is 0 Å². The molecule has 0 bridgehead atoms. The Morgan fingerprint density at radius 2 is 1.84 bits per heavy atom. The molecule has 1 aliphatic rings. The molecule has 1 atom stereocenters. The lowest BCUT2D eigenvalue weighted by molar-refractivity contribution is -0.117. The van der Waals surface area contributed by atoms with Crippen LogP contribution in [0.3, 0.4) is 0 Å². The van der Waals surface area contributed by atoms with Crippen LogP contribution in [-0.2, 0) is 14.8 Å². The quantitative estimate of drug-likeness (QED) is 0.775. The molecule has 0 radical (unpaired) electrons. The van der Waals surface area contributed by atoms with Gasteiger partial charge in [-0.15, -0.1) is 12.4 Å². The molecule has 2 rings (SSSR count). The molecule has 1 aromatic rings. The van der Waals surface area contributed by atoms with Crippen molar-refractivity contribution in [2.24, 2.45) is 11.7 Å². The van der Waals surface area contributed by atoms with Crippen LogP contribution in [-0.4, -0.2) is 44.8 Å². The summed E-state index contributed by atoms with van der Waals surface area (Å²) in [6, 6.07) is 6.50. The number of carbonyl (C=O) groups is 1. The smallest absolute Gasteiger partial charge is 0.242 e. The maximum Gasteiger partial charge on any atom is 0.242 e. The first-order valence-corrected chi connectivity index (χ1v) is 9.80. The monoisotopic (exact) mass is 389 g/mol. The summed E-state index contributed by atoms with van der Waals surface area (Å²) in [6.07, 6.45) is 2.02. The van der Waals surface area contributed by atoms with E-state index in [4.69, 9.17) is 5.73 Å². The Bertz CT molecular complexity index is 677. The van der Waals surface area contributed by atoms with Gasteiger partial charge >= 0.3 is 0 Å². The van der Waals surface area contributed by atoms with Gasteiger partial charge in [-0.2, -0.15) is 0 Å². The summed E-state index contributed by atoms with van der Waals surface area (Å²) >= 11 is 0. The highest BCUT2D eigenvalue weighted by atomic mass is 35.5. The van der Waals surface area contributed by atoms with E-state index in [2.05, 4.69) is 0 Å². The van der Waals surface area contributed by atoms with Gasteiger partial charge in [0.25, 0.3) is 0 Å². The van der Waals surface area contributed by atoms with Crippen LogP contribution in [0.15, 0.2) is 29.2 Å². The number of hydrogen-bond donors (Lipinski definition) is 1. The maximum absolute atomic E-state index is 12.6. The number of halogens is 1. The first kappa shape index (κ1) is 21.9. The molecule has 1 saturated heterocycles. The van der Waals surface area contributed by atoms with Gasteiger partial charge in [0.15, 0.2) is 0 Å². The fraction of sp³-hybridized carbons (Fsp3) is 0.588. The second kappa shape index (κ2) is 8.98. The maximum atomic E-state index is 12.6. The Labute approximate surface area is 156 Å². The van der Waals surface area contributed by atoms with E-state index in [1.807, 2.05) is 13.8 Å². The van der Waals surface area contributed by atoms with Crippen LogP contribution >= 0.6 is 12.4 Å². The molecular weight excluding hydrogens is 362 g/mol. The van der Waals surface area contributed by atoms with Crippen LogP contribution in [0.4, 0.5) is 5.69 Å². The van der Waals surface area contributed by atoms with E-state index in [1.165, 1.54) is 4.31 Å². The minimum absolute atomic E-state index is 0. The zero-order valence-electron chi connectivity index (χ0n) is 15.0. The molecule has 0 spiro atoms. The van der Waals surface area contributed by atoms with Crippen LogP contribution < -0.4 is 10.6 Å². The lowest BCUT2D eigenvalue weighted by Crippen LogP contribution is -2.34.